The van der Waals surface area contributed by atoms with Gasteiger partial charge in [0.05, 0.1) is 17.5 Å². The maximum atomic E-state index is 5.45. The average molecular weight is 282 g/mol. The summed E-state index contributed by atoms with van der Waals surface area (Å²) in [6.45, 7) is 2.51. The SMILES string of the molecule is CCOc1noc(CBr)c1-c1ccccc1. The molecule has 4 heteroatoms. The molecule has 0 N–H and O–H groups in total. The molecule has 0 fully saturated rings. The first-order chi connectivity index (χ1) is 7.86. The van der Waals surface area contributed by atoms with Gasteiger partial charge < -0.3 is 9.26 Å². The first-order valence-electron chi connectivity index (χ1n) is 5.09. The quantitative estimate of drug-likeness (QED) is 0.803. The normalized spacial score (nSPS) is 10.4. The number of rotatable bonds is 4. The minimum atomic E-state index is 0.558. The van der Waals surface area contributed by atoms with Gasteiger partial charge in [0.2, 0.25) is 0 Å². The van der Waals surface area contributed by atoms with E-state index >= 15 is 0 Å². The average Bonchev–Trinajstić information content (AvgIpc) is 2.74. The molecule has 0 amide bonds. The summed E-state index contributed by atoms with van der Waals surface area (Å²) in [6.07, 6.45) is 0. The fourth-order valence-corrected chi connectivity index (χ4v) is 1.91. The number of ether oxygens (including phenoxy) is 1. The van der Waals surface area contributed by atoms with Crippen LogP contribution in [0.15, 0.2) is 34.9 Å². The van der Waals surface area contributed by atoms with Crippen molar-refractivity contribution in [2.75, 3.05) is 6.61 Å². The van der Waals surface area contributed by atoms with Crippen molar-refractivity contribution in [2.45, 2.75) is 12.3 Å². The summed E-state index contributed by atoms with van der Waals surface area (Å²) in [5.41, 5.74) is 1.99. The monoisotopic (exact) mass is 281 g/mol. The van der Waals surface area contributed by atoms with Crippen molar-refractivity contribution in [3.63, 3.8) is 0 Å². The number of alkyl halides is 1. The first-order valence-corrected chi connectivity index (χ1v) is 6.21. The van der Waals surface area contributed by atoms with Gasteiger partial charge in [-0.15, -0.1) is 0 Å². The lowest BCUT2D eigenvalue weighted by Crippen LogP contribution is -1.93. The lowest BCUT2D eigenvalue weighted by Gasteiger charge is -2.03. The summed E-state index contributed by atoms with van der Waals surface area (Å²) in [4.78, 5) is 0. The van der Waals surface area contributed by atoms with Gasteiger partial charge in [-0.2, -0.15) is 0 Å². The highest BCUT2D eigenvalue weighted by Gasteiger charge is 2.17. The molecule has 0 bridgehead atoms. The predicted octanol–water partition coefficient (Wildman–Crippen LogP) is 3.64. The Labute approximate surface area is 103 Å². The molecular weight excluding hydrogens is 270 g/mol. The highest BCUT2D eigenvalue weighted by atomic mass is 79.9. The summed E-state index contributed by atoms with van der Waals surface area (Å²) in [5, 5.41) is 4.55. The van der Waals surface area contributed by atoms with Crippen LogP contribution in [-0.4, -0.2) is 11.8 Å². The van der Waals surface area contributed by atoms with E-state index < -0.39 is 0 Å². The second-order valence-corrected chi connectivity index (χ2v) is 3.78. The minimum absolute atomic E-state index is 0.558. The Hall–Kier alpha value is -1.29. The van der Waals surface area contributed by atoms with Crippen molar-refractivity contribution in [1.82, 2.24) is 5.16 Å². The van der Waals surface area contributed by atoms with Gasteiger partial charge in [0.25, 0.3) is 5.88 Å². The molecule has 0 aliphatic rings. The van der Waals surface area contributed by atoms with Gasteiger partial charge in [-0.3, -0.25) is 0 Å². The van der Waals surface area contributed by atoms with Crippen molar-refractivity contribution in [1.29, 1.82) is 0 Å². The van der Waals surface area contributed by atoms with E-state index in [1.54, 1.807) is 0 Å². The molecule has 0 saturated carbocycles. The summed E-state index contributed by atoms with van der Waals surface area (Å²) >= 11 is 3.38. The summed E-state index contributed by atoms with van der Waals surface area (Å²) in [7, 11) is 0. The van der Waals surface area contributed by atoms with E-state index in [1.807, 2.05) is 37.3 Å². The van der Waals surface area contributed by atoms with Crippen LogP contribution in [0.5, 0.6) is 5.88 Å². The number of aromatic nitrogens is 1. The van der Waals surface area contributed by atoms with Crippen LogP contribution in [-0.2, 0) is 5.33 Å². The standard InChI is InChI=1S/C12H12BrNO2/c1-2-15-12-11(10(8-13)16-14-12)9-6-4-3-5-7-9/h3-7H,2,8H2,1H3. The van der Waals surface area contributed by atoms with Crippen LogP contribution in [0.4, 0.5) is 0 Å². The van der Waals surface area contributed by atoms with E-state index in [0.29, 0.717) is 17.8 Å². The molecule has 0 saturated heterocycles. The topological polar surface area (TPSA) is 35.3 Å². The zero-order valence-corrected chi connectivity index (χ0v) is 10.5. The van der Waals surface area contributed by atoms with Crippen LogP contribution in [0.2, 0.25) is 0 Å². The van der Waals surface area contributed by atoms with Gasteiger partial charge in [0.15, 0.2) is 5.76 Å². The summed E-state index contributed by atoms with van der Waals surface area (Å²) < 4.78 is 10.7. The number of benzene rings is 1. The van der Waals surface area contributed by atoms with Gasteiger partial charge in [0, 0.05) is 0 Å². The first kappa shape index (κ1) is 11.2. The summed E-state index contributed by atoms with van der Waals surface area (Å²) in [5.74, 6) is 1.35. The lowest BCUT2D eigenvalue weighted by molar-refractivity contribution is 0.291. The molecule has 1 heterocycles. The molecule has 0 spiro atoms. The number of hydrogen-bond donors (Lipinski definition) is 0. The Morgan fingerprint density at radius 3 is 2.69 bits per heavy atom. The Morgan fingerprint density at radius 1 is 1.31 bits per heavy atom. The molecule has 3 nitrogen and oxygen atoms in total. The molecule has 1 aromatic carbocycles. The molecule has 2 aromatic rings. The van der Waals surface area contributed by atoms with Crippen molar-refractivity contribution in [3.8, 4) is 17.0 Å². The molecule has 0 aliphatic carbocycles. The third-order valence-electron chi connectivity index (χ3n) is 2.20. The molecule has 1 aromatic heterocycles. The Bertz CT molecular complexity index is 453. The predicted molar refractivity (Wildman–Crippen MR) is 65.7 cm³/mol. The third kappa shape index (κ3) is 2.11. The zero-order chi connectivity index (χ0) is 11.4. The highest BCUT2D eigenvalue weighted by Crippen LogP contribution is 2.33. The van der Waals surface area contributed by atoms with Crippen LogP contribution < -0.4 is 4.74 Å². The van der Waals surface area contributed by atoms with Crippen molar-refractivity contribution >= 4 is 15.9 Å². The largest absolute Gasteiger partial charge is 0.475 e. The molecule has 84 valence electrons. The fourth-order valence-electron chi connectivity index (χ4n) is 1.52. The van der Waals surface area contributed by atoms with E-state index in [2.05, 4.69) is 21.1 Å². The number of nitrogens with zero attached hydrogens (tertiary/aromatic N) is 1. The van der Waals surface area contributed by atoms with Gasteiger partial charge >= 0.3 is 0 Å². The van der Waals surface area contributed by atoms with Gasteiger partial charge in [0.1, 0.15) is 0 Å². The van der Waals surface area contributed by atoms with E-state index in [-0.39, 0.29) is 0 Å². The van der Waals surface area contributed by atoms with Crippen LogP contribution in [0.1, 0.15) is 12.7 Å². The van der Waals surface area contributed by atoms with E-state index in [0.717, 1.165) is 16.9 Å². The molecule has 0 radical (unpaired) electrons. The number of hydrogen-bond acceptors (Lipinski definition) is 3. The van der Waals surface area contributed by atoms with E-state index in [4.69, 9.17) is 9.26 Å². The Balaban J connectivity index is 2.48. The van der Waals surface area contributed by atoms with Crippen molar-refractivity contribution in [2.24, 2.45) is 0 Å². The highest BCUT2D eigenvalue weighted by molar-refractivity contribution is 9.08. The molecule has 0 unspecified atom stereocenters. The van der Waals surface area contributed by atoms with E-state index in [9.17, 15) is 0 Å². The van der Waals surface area contributed by atoms with Crippen LogP contribution >= 0.6 is 15.9 Å². The van der Waals surface area contributed by atoms with E-state index in [1.165, 1.54) is 0 Å². The van der Waals surface area contributed by atoms with Gasteiger partial charge in [-0.25, -0.2) is 0 Å². The molecule has 2 rings (SSSR count). The summed E-state index contributed by atoms with van der Waals surface area (Å²) in [6, 6.07) is 9.97. The maximum absolute atomic E-state index is 5.45. The molecular formula is C12H12BrNO2. The fraction of sp³-hybridized carbons (Fsp3) is 0.250. The van der Waals surface area contributed by atoms with Crippen LogP contribution in [0, 0.1) is 0 Å². The van der Waals surface area contributed by atoms with Crippen LogP contribution in [0.25, 0.3) is 11.1 Å². The maximum Gasteiger partial charge on any atom is 0.262 e. The van der Waals surface area contributed by atoms with Crippen molar-refractivity contribution < 1.29 is 9.26 Å². The molecule has 0 atom stereocenters. The van der Waals surface area contributed by atoms with Crippen molar-refractivity contribution in [3.05, 3.63) is 36.1 Å². The zero-order valence-electron chi connectivity index (χ0n) is 8.94. The number of halogens is 1. The van der Waals surface area contributed by atoms with Gasteiger partial charge in [-0.1, -0.05) is 46.3 Å². The second-order valence-electron chi connectivity index (χ2n) is 3.22. The molecule has 16 heavy (non-hydrogen) atoms. The lowest BCUT2D eigenvalue weighted by atomic mass is 10.1. The smallest absolute Gasteiger partial charge is 0.262 e. The third-order valence-corrected chi connectivity index (χ3v) is 2.71. The van der Waals surface area contributed by atoms with Crippen LogP contribution in [0.3, 0.4) is 0 Å². The van der Waals surface area contributed by atoms with Gasteiger partial charge in [-0.05, 0) is 17.6 Å². The molecule has 0 aliphatic heterocycles. The second kappa shape index (κ2) is 5.16. The minimum Gasteiger partial charge on any atom is -0.475 e. The Kier molecular flexibility index (Phi) is 3.62. The Morgan fingerprint density at radius 2 is 2.06 bits per heavy atom.